The van der Waals surface area contributed by atoms with Crippen LogP contribution in [0.5, 0.6) is 0 Å². The van der Waals surface area contributed by atoms with Crippen LogP contribution < -0.4 is 17.6 Å². The largest absolute Gasteiger partial charge is 2.00 e. The van der Waals surface area contributed by atoms with E-state index in [0.717, 1.165) is 0 Å². The second-order valence-electron chi connectivity index (χ2n) is 3.25. The molecule has 1 rings (SSSR count). The van der Waals surface area contributed by atoms with Crippen molar-refractivity contribution in [2.45, 2.75) is 13.1 Å². The van der Waals surface area contributed by atoms with Crippen LogP contribution in [0, 0.1) is 6.55 Å². The normalized spacial score (nSPS) is 9.58. The number of rotatable bonds is 1. The molecule has 0 heterocycles. The van der Waals surface area contributed by atoms with Crippen LogP contribution in [-0.4, -0.2) is 31.1 Å². The molecule has 0 fully saturated rings. The smallest absolute Gasteiger partial charge is 1.00 e. The molecule has 0 saturated carbocycles. The summed E-state index contributed by atoms with van der Waals surface area (Å²) in [5, 5.41) is 1.43. The Hall–Kier alpha value is 0.493. The van der Waals surface area contributed by atoms with Gasteiger partial charge in [0.15, 0.2) is 0 Å². The van der Waals surface area contributed by atoms with Crippen molar-refractivity contribution in [2.24, 2.45) is 0 Å². The average Bonchev–Trinajstić information content (AvgIpc) is 1.88. The van der Waals surface area contributed by atoms with Crippen molar-refractivity contribution < 1.29 is 12.4 Å². The molecule has 0 aromatic heterocycles. The average molecular weight is 209 g/mol. The Labute approximate surface area is 98.3 Å². The van der Waals surface area contributed by atoms with Crippen LogP contribution in [0.4, 0.5) is 0 Å². The molecule has 0 spiro atoms. The van der Waals surface area contributed by atoms with Crippen molar-refractivity contribution in [3.05, 3.63) is 36.9 Å². The summed E-state index contributed by atoms with van der Waals surface area (Å²) in [6.45, 7) is 8.68. The molecule has 0 N–H and O–H groups in total. The molecule has 12 heavy (non-hydrogen) atoms. The molecule has 0 saturated heterocycles. The van der Waals surface area contributed by atoms with Crippen molar-refractivity contribution in [2.75, 3.05) is 0 Å². The van der Waals surface area contributed by atoms with Gasteiger partial charge in [-0.2, -0.15) is 0 Å². The van der Waals surface area contributed by atoms with E-state index in [4.69, 9.17) is 0 Å². The van der Waals surface area contributed by atoms with E-state index in [-0.39, 0.29) is 35.5 Å². The summed E-state index contributed by atoms with van der Waals surface area (Å²) in [6, 6.07) is 10.5. The summed E-state index contributed by atoms with van der Waals surface area (Å²) in [5.74, 6) is 0. The number of hydrogen-bond donors (Lipinski definition) is 0. The first-order valence-electron chi connectivity index (χ1n) is 3.51. The van der Waals surface area contributed by atoms with Crippen LogP contribution in [0.15, 0.2) is 30.3 Å². The fourth-order valence-electron chi connectivity index (χ4n) is 0.889. The summed E-state index contributed by atoms with van der Waals surface area (Å²) in [5.41, 5.74) is 0. The van der Waals surface area contributed by atoms with Crippen LogP contribution >= 0.6 is 0 Å². The van der Waals surface area contributed by atoms with E-state index in [1.165, 1.54) is 5.19 Å². The predicted octanol–water partition coefficient (Wildman–Crippen LogP) is -1.40. The molecule has 0 aliphatic rings. The number of halogens is 1. The van der Waals surface area contributed by atoms with Gasteiger partial charge in [-0.05, 0) is 0 Å². The summed E-state index contributed by atoms with van der Waals surface area (Å²) >= 11 is 0. The number of hydrogen-bond acceptors (Lipinski definition) is 0. The Morgan fingerprint density at radius 3 is 1.75 bits per heavy atom. The molecule has 3 heteroatoms. The molecular formula is C9H13ClMgSi. The zero-order chi connectivity index (χ0) is 7.61. The van der Waals surface area contributed by atoms with Gasteiger partial charge in [0.05, 0.1) is 0 Å². The van der Waals surface area contributed by atoms with Crippen LogP contribution in [-0.2, 0) is 0 Å². The Bertz CT molecular complexity index is 206. The van der Waals surface area contributed by atoms with Gasteiger partial charge in [0, 0.05) is 0 Å². The topological polar surface area (TPSA) is 0 Å². The van der Waals surface area contributed by atoms with Crippen molar-refractivity contribution in [1.29, 1.82) is 0 Å². The third-order valence-electron chi connectivity index (χ3n) is 1.56. The molecule has 0 amide bonds. The van der Waals surface area contributed by atoms with Gasteiger partial charge in [-0.3, -0.25) is 0 Å². The van der Waals surface area contributed by atoms with E-state index in [9.17, 15) is 0 Å². The molecule has 0 aliphatic heterocycles. The zero-order valence-electron chi connectivity index (χ0n) is 7.68. The second-order valence-corrected chi connectivity index (χ2v) is 7.60. The Morgan fingerprint density at radius 1 is 1.08 bits per heavy atom. The maximum Gasteiger partial charge on any atom is 2.00 e. The quantitative estimate of drug-likeness (QED) is 0.394. The molecule has 62 valence electrons. The van der Waals surface area contributed by atoms with Gasteiger partial charge in [0.1, 0.15) is 0 Å². The van der Waals surface area contributed by atoms with E-state index in [1.54, 1.807) is 0 Å². The fourth-order valence-corrected chi connectivity index (χ4v) is 1.98. The molecule has 0 radical (unpaired) electrons. The van der Waals surface area contributed by atoms with Crippen molar-refractivity contribution in [3.63, 3.8) is 0 Å². The van der Waals surface area contributed by atoms with Gasteiger partial charge in [0.25, 0.3) is 0 Å². The molecule has 0 atom stereocenters. The maximum atomic E-state index is 4.18. The first-order valence-corrected chi connectivity index (χ1v) is 6.72. The molecular weight excluding hydrogens is 196 g/mol. The van der Waals surface area contributed by atoms with E-state index < -0.39 is 8.07 Å². The van der Waals surface area contributed by atoms with E-state index >= 15 is 0 Å². The van der Waals surface area contributed by atoms with Crippen molar-refractivity contribution >= 4 is 36.3 Å². The van der Waals surface area contributed by atoms with Gasteiger partial charge >= 0.3 is 23.1 Å². The third-order valence-corrected chi connectivity index (χ3v) is 3.45. The van der Waals surface area contributed by atoms with E-state index in [2.05, 4.69) is 43.9 Å². The van der Waals surface area contributed by atoms with E-state index in [0.29, 0.717) is 0 Å². The molecule has 1 aromatic rings. The molecule has 0 aliphatic carbocycles. The standard InChI is InChI=1S/C9H13Si.ClH.Mg/c1-10(2,3)9-7-5-4-6-8-9;;/h4-8H,1H2,2-3H3;1H;/q-1;;+2/p-1. The fraction of sp³-hybridized carbons (Fsp3) is 0.222. The summed E-state index contributed by atoms with van der Waals surface area (Å²) in [6.07, 6.45) is 0. The minimum atomic E-state index is -1.28. The van der Waals surface area contributed by atoms with Crippen LogP contribution in [0.25, 0.3) is 0 Å². The molecule has 1 aromatic carbocycles. The maximum absolute atomic E-state index is 4.18. The predicted molar refractivity (Wildman–Crippen MR) is 54.7 cm³/mol. The Morgan fingerprint density at radius 2 is 1.50 bits per heavy atom. The number of benzene rings is 1. The van der Waals surface area contributed by atoms with E-state index in [1.807, 2.05) is 6.07 Å². The SMILES string of the molecule is [CH2-][Si](C)(C)c1ccccc1.[Cl-].[Mg+2]. The van der Waals surface area contributed by atoms with Crippen molar-refractivity contribution in [1.82, 2.24) is 0 Å². The van der Waals surface area contributed by atoms with Crippen LogP contribution in [0.2, 0.25) is 13.1 Å². The minimum Gasteiger partial charge on any atom is -1.00 e. The van der Waals surface area contributed by atoms with Crippen molar-refractivity contribution in [3.8, 4) is 0 Å². The van der Waals surface area contributed by atoms with Gasteiger partial charge in [-0.15, -0.1) is 0 Å². The summed E-state index contributed by atoms with van der Waals surface area (Å²) in [7, 11) is -1.28. The summed E-state index contributed by atoms with van der Waals surface area (Å²) < 4.78 is 0. The second kappa shape index (κ2) is 6.02. The third kappa shape index (κ3) is 4.50. The Balaban J connectivity index is 0. The molecule has 0 bridgehead atoms. The van der Waals surface area contributed by atoms with Gasteiger partial charge in [0.2, 0.25) is 0 Å². The monoisotopic (exact) mass is 208 g/mol. The minimum absolute atomic E-state index is 0. The van der Waals surface area contributed by atoms with Crippen LogP contribution in [0.3, 0.4) is 0 Å². The molecule has 0 nitrogen and oxygen atoms in total. The zero-order valence-corrected chi connectivity index (χ0v) is 10.8. The van der Waals surface area contributed by atoms with Crippen LogP contribution in [0.1, 0.15) is 0 Å². The Kier molecular flexibility index (Phi) is 7.52. The first kappa shape index (κ1) is 15.0. The van der Waals surface area contributed by atoms with Gasteiger partial charge in [-0.1, -0.05) is 56.7 Å². The first-order chi connectivity index (χ1) is 4.61. The molecule has 0 unspecified atom stereocenters. The van der Waals surface area contributed by atoms with Gasteiger partial charge < -0.3 is 19.0 Å². The summed E-state index contributed by atoms with van der Waals surface area (Å²) in [4.78, 5) is 0. The van der Waals surface area contributed by atoms with Gasteiger partial charge in [-0.25, -0.2) is 0 Å².